The van der Waals surface area contributed by atoms with Crippen LogP contribution < -0.4 is 5.32 Å². The smallest absolute Gasteiger partial charge is 0.125 e. The third-order valence-electron chi connectivity index (χ3n) is 3.48. The summed E-state index contributed by atoms with van der Waals surface area (Å²) in [7, 11) is 2.16. The van der Waals surface area contributed by atoms with Crippen molar-refractivity contribution in [3.8, 4) is 10.6 Å². The number of nitrogens with one attached hydrogen (secondary N) is 2. The number of aromatic amines is 1. The maximum absolute atomic E-state index is 4.80. The van der Waals surface area contributed by atoms with Gasteiger partial charge in [0.05, 0.1) is 10.9 Å². The third-order valence-corrected chi connectivity index (χ3v) is 4.36. The van der Waals surface area contributed by atoms with Crippen LogP contribution in [-0.2, 0) is 0 Å². The minimum Gasteiger partial charge on any atom is -0.344 e. The van der Waals surface area contributed by atoms with E-state index in [2.05, 4.69) is 46.7 Å². The molecule has 1 aliphatic heterocycles. The fourth-order valence-corrected chi connectivity index (χ4v) is 3.18. The number of hydrogen-bond acceptors (Lipinski definition) is 4. The number of imidazole rings is 1. The van der Waals surface area contributed by atoms with Gasteiger partial charge in [-0.1, -0.05) is 6.07 Å². The molecule has 1 atom stereocenters. The number of H-pyrrole nitrogens is 1. The number of likely N-dealkylation sites (N-methyl/N-ethyl adjacent to an activating group) is 1. The second-order valence-corrected chi connectivity index (χ2v) is 5.72. The van der Waals surface area contributed by atoms with Crippen LogP contribution in [0.4, 0.5) is 0 Å². The fraction of sp³-hybridized carbons (Fsp3) is 0.462. The molecule has 3 heterocycles. The van der Waals surface area contributed by atoms with Gasteiger partial charge in [0.25, 0.3) is 0 Å². The Hall–Kier alpha value is -1.17. The van der Waals surface area contributed by atoms with Gasteiger partial charge in [-0.25, -0.2) is 4.98 Å². The Morgan fingerprint density at radius 1 is 1.50 bits per heavy atom. The Morgan fingerprint density at radius 2 is 2.39 bits per heavy atom. The molecular formula is C13H18N4S. The Kier molecular flexibility index (Phi) is 3.20. The highest BCUT2D eigenvalue weighted by Crippen LogP contribution is 2.28. The summed E-state index contributed by atoms with van der Waals surface area (Å²) in [6.45, 7) is 5.19. The Labute approximate surface area is 111 Å². The summed E-state index contributed by atoms with van der Waals surface area (Å²) >= 11 is 1.74. The topological polar surface area (TPSA) is 44.0 Å². The summed E-state index contributed by atoms with van der Waals surface area (Å²) in [6, 6.07) is 4.55. The highest BCUT2D eigenvalue weighted by atomic mass is 32.1. The van der Waals surface area contributed by atoms with Gasteiger partial charge in [0.2, 0.25) is 0 Å². The first kappa shape index (κ1) is 11.9. The zero-order valence-electron chi connectivity index (χ0n) is 10.7. The summed E-state index contributed by atoms with van der Waals surface area (Å²) in [5.41, 5.74) is 2.25. The molecule has 0 saturated carbocycles. The van der Waals surface area contributed by atoms with Gasteiger partial charge in [-0.2, -0.15) is 0 Å². The Bertz CT molecular complexity index is 517. The third kappa shape index (κ3) is 2.09. The molecule has 1 fully saturated rings. The minimum atomic E-state index is 0.353. The van der Waals surface area contributed by atoms with Gasteiger partial charge in [-0.05, 0) is 25.4 Å². The van der Waals surface area contributed by atoms with Crippen molar-refractivity contribution in [1.29, 1.82) is 0 Å². The highest BCUT2D eigenvalue weighted by Gasteiger charge is 2.24. The lowest BCUT2D eigenvalue weighted by atomic mass is 10.2. The first-order chi connectivity index (χ1) is 8.75. The maximum Gasteiger partial charge on any atom is 0.125 e. The molecule has 0 aromatic carbocycles. The van der Waals surface area contributed by atoms with Crippen molar-refractivity contribution >= 4 is 11.3 Å². The zero-order valence-corrected chi connectivity index (χ0v) is 11.5. The van der Waals surface area contributed by atoms with Crippen molar-refractivity contribution in [1.82, 2.24) is 20.2 Å². The van der Waals surface area contributed by atoms with Gasteiger partial charge in [-0.15, -0.1) is 11.3 Å². The lowest BCUT2D eigenvalue weighted by Crippen LogP contribution is -2.44. The monoisotopic (exact) mass is 262 g/mol. The highest BCUT2D eigenvalue weighted by molar-refractivity contribution is 7.13. The first-order valence-electron chi connectivity index (χ1n) is 6.27. The number of aromatic nitrogens is 2. The zero-order chi connectivity index (χ0) is 12.5. The van der Waals surface area contributed by atoms with Crippen molar-refractivity contribution in [3.05, 3.63) is 29.0 Å². The van der Waals surface area contributed by atoms with E-state index < -0.39 is 0 Å². The summed E-state index contributed by atoms with van der Waals surface area (Å²) in [4.78, 5) is 11.8. The van der Waals surface area contributed by atoms with Gasteiger partial charge < -0.3 is 10.3 Å². The van der Waals surface area contributed by atoms with Crippen LogP contribution in [0.3, 0.4) is 0 Å². The average molecular weight is 262 g/mol. The normalized spacial score (nSPS) is 21.3. The molecule has 0 amide bonds. The molecule has 2 aromatic heterocycles. The molecule has 0 bridgehead atoms. The van der Waals surface area contributed by atoms with Gasteiger partial charge in [0.1, 0.15) is 11.5 Å². The molecule has 1 saturated heterocycles. The van der Waals surface area contributed by atoms with Crippen LogP contribution in [0.5, 0.6) is 0 Å². The van der Waals surface area contributed by atoms with E-state index in [-0.39, 0.29) is 0 Å². The van der Waals surface area contributed by atoms with Crippen LogP contribution in [0.1, 0.15) is 17.6 Å². The number of thiophene rings is 1. The van der Waals surface area contributed by atoms with Crippen LogP contribution in [-0.4, -0.2) is 41.5 Å². The molecule has 5 heteroatoms. The van der Waals surface area contributed by atoms with Gasteiger partial charge in [0.15, 0.2) is 0 Å². The van der Waals surface area contributed by atoms with Gasteiger partial charge in [-0.3, -0.25) is 4.90 Å². The second-order valence-electron chi connectivity index (χ2n) is 4.77. The van der Waals surface area contributed by atoms with Crippen LogP contribution in [0.15, 0.2) is 17.5 Å². The number of nitrogens with zero attached hydrogens (tertiary/aromatic N) is 2. The molecule has 2 N–H and O–H groups in total. The van der Waals surface area contributed by atoms with Crippen LogP contribution in [0, 0.1) is 6.92 Å². The summed E-state index contributed by atoms with van der Waals surface area (Å²) in [5, 5.41) is 5.52. The standard InChI is InChI=1S/C13H18N4S/c1-9-12(11-4-3-7-18-11)16-13(15-9)10-8-14-5-6-17(10)2/h3-4,7,10,14H,5-6,8H2,1-2H3,(H,15,16). The molecule has 4 nitrogen and oxygen atoms in total. The number of hydrogen-bond donors (Lipinski definition) is 2. The maximum atomic E-state index is 4.80. The van der Waals surface area contributed by atoms with Crippen molar-refractivity contribution in [3.63, 3.8) is 0 Å². The number of rotatable bonds is 2. The van der Waals surface area contributed by atoms with Crippen molar-refractivity contribution in [2.24, 2.45) is 0 Å². The van der Waals surface area contributed by atoms with Gasteiger partial charge in [0, 0.05) is 25.3 Å². The summed E-state index contributed by atoms with van der Waals surface area (Å²) in [6.07, 6.45) is 0. The number of aryl methyl sites for hydroxylation is 1. The van der Waals surface area contributed by atoms with E-state index >= 15 is 0 Å². The van der Waals surface area contributed by atoms with E-state index in [0.717, 1.165) is 36.8 Å². The molecule has 1 unspecified atom stereocenters. The van der Waals surface area contributed by atoms with E-state index in [4.69, 9.17) is 4.98 Å². The predicted octanol–water partition coefficient (Wildman–Crippen LogP) is 2.02. The Balaban J connectivity index is 1.92. The van der Waals surface area contributed by atoms with Crippen molar-refractivity contribution in [2.45, 2.75) is 13.0 Å². The quantitative estimate of drug-likeness (QED) is 0.870. The van der Waals surface area contributed by atoms with Crippen molar-refractivity contribution in [2.75, 3.05) is 26.7 Å². The fourth-order valence-electron chi connectivity index (χ4n) is 2.41. The molecular weight excluding hydrogens is 244 g/mol. The molecule has 3 rings (SSSR count). The second kappa shape index (κ2) is 4.84. The average Bonchev–Trinajstić information content (AvgIpc) is 2.98. The molecule has 18 heavy (non-hydrogen) atoms. The molecule has 0 radical (unpaired) electrons. The molecule has 96 valence electrons. The molecule has 0 spiro atoms. The van der Waals surface area contributed by atoms with E-state index in [1.54, 1.807) is 11.3 Å². The summed E-state index contributed by atoms with van der Waals surface area (Å²) in [5.74, 6) is 1.07. The van der Waals surface area contributed by atoms with E-state index in [9.17, 15) is 0 Å². The summed E-state index contributed by atoms with van der Waals surface area (Å²) < 4.78 is 0. The van der Waals surface area contributed by atoms with E-state index in [1.807, 2.05) is 0 Å². The molecule has 1 aliphatic rings. The lowest BCUT2D eigenvalue weighted by molar-refractivity contribution is 0.195. The largest absolute Gasteiger partial charge is 0.344 e. The van der Waals surface area contributed by atoms with Crippen LogP contribution in [0.2, 0.25) is 0 Å². The Morgan fingerprint density at radius 3 is 3.11 bits per heavy atom. The lowest BCUT2D eigenvalue weighted by Gasteiger charge is -2.31. The van der Waals surface area contributed by atoms with Crippen LogP contribution >= 0.6 is 11.3 Å². The minimum absolute atomic E-state index is 0.353. The molecule has 0 aliphatic carbocycles. The first-order valence-corrected chi connectivity index (χ1v) is 7.15. The van der Waals surface area contributed by atoms with Gasteiger partial charge >= 0.3 is 0 Å². The van der Waals surface area contributed by atoms with E-state index in [1.165, 1.54) is 4.88 Å². The molecule has 2 aromatic rings. The van der Waals surface area contributed by atoms with Crippen LogP contribution in [0.25, 0.3) is 10.6 Å². The predicted molar refractivity (Wildman–Crippen MR) is 74.9 cm³/mol. The van der Waals surface area contributed by atoms with Crippen molar-refractivity contribution < 1.29 is 0 Å². The van der Waals surface area contributed by atoms with E-state index in [0.29, 0.717) is 6.04 Å². The SMILES string of the molecule is Cc1[nH]c(C2CNCCN2C)nc1-c1cccs1. The number of piperazine rings is 1.